The zero-order chi connectivity index (χ0) is 17.0. The number of amides is 1. The molecule has 0 radical (unpaired) electrons. The molecule has 1 aliphatic carbocycles. The van der Waals surface area contributed by atoms with E-state index < -0.39 is 35.2 Å². The predicted octanol–water partition coefficient (Wildman–Crippen LogP) is 3.47. The van der Waals surface area contributed by atoms with E-state index in [-0.39, 0.29) is 5.92 Å². The molecule has 1 fully saturated rings. The number of hydrogen-bond donors (Lipinski definition) is 2. The lowest BCUT2D eigenvalue weighted by Crippen LogP contribution is -2.46. The maximum absolute atomic E-state index is 13.0. The summed E-state index contributed by atoms with van der Waals surface area (Å²) in [7, 11) is 0. The fraction of sp³-hybridized carbons (Fsp3) is 0.500. The van der Waals surface area contributed by atoms with Gasteiger partial charge in [-0.2, -0.15) is 13.2 Å². The topological polar surface area (TPSA) is 66.4 Å². The summed E-state index contributed by atoms with van der Waals surface area (Å²) in [6.45, 7) is 0. The van der Waals surface area contributed by atoms with Gasteiger partial charge in [-0.3, -0.25) is 4.79 Å². The van der Waals surface area contributed by atoms with Gasteiger partial charge in [0.2, 0.25) is 0 Å². The monoisotopic (exact) mass is 329 g/mol. The minimum atomic E-state index is -4.67. The molecule has 0 unspecified atom stereocenters. The number of benzene rings is 1. The van der Waals surface area contributed by atoms with E-state index in [1.807, 2.05) is 0 Å². The molecule has 0 saturated heterocycles. The molecule has 1 amide bonds. The van der Waals surface area contributed by atoms with Crippen LogP contribution in [0.4, 0.5) is 13.2 Å². The van der Waals surface area contributed by atoms with E-state index in [1.165, 1.54) is 12.1 Å². The maximum atomic E-state index is 13.0. The Morgan fingerprint density at radius 2 is 1.74 bits per heavy atom. The highest BCUT2D eigenvalue weighted by molar-refractivity contribution is 5.98. The molecule has 1 atom stereocenters. The van der Waals surface area contributed by atoms with E-state index in [9.17, 15) is 27.9 Å². The molecule has 1 aromatic rings. The van der Waals surface area contributed by atoms with Crippen molar-refractivity contribution in [3.8, 4) is 0 Å². The number of hydrogen-bond acceptors (Lipinski definition) is 2. The summed E-state index contributed by atoms with van der Waals surface area (Å²) < 4.78 is 38.9. The highest BCUT2D eigenvalue weighted by Gasteiger charge is 2.37. The second-order valence-corrected chi connectivity index (χ2v) is 5.73. The van der Waals surface area contributed by atoms with Crippen LogP contribution in [0.3, 0.4) is 0 Å². The summed E-state index contributed by atoms with van der Waals surface area (Å²) in [5.74, 6) is -2.46. The van der Waals surface area contributed by atoms with E-state index in [2.05, 4.69) is 5.32 Å². The largest absolute Gasteiger partial charge is 0.480 e. The van der Waals surface area contributed by atoms with Gasteiger partial charge in [-0.25, -0.2) is 4.79 Å². The first kappa shape index (κ1) is 17.3. The molecule has 0 bridgehead atoms. The van der Waals surface area contributed by atoms with Crippen molar-refractivity contribution in [2.75, 3.05) is 0 Å². The number of carboxylic acids is 1. The van der Waals surface area contributed by atoms with Crippen LogP contribution in [0.25, 0.3) is 0 Å². The molecule has 4 nitrogen and oxygen atoms in total. The fourth-order valence-electron chi connectivity index (χ4n) is 3.00. The third-order valence-corrected chi connectivity index (χ3v) is 4.15. The van der Waals surface area contributed by atoms with Crippen LogP contribution in [0.1, 0.15) is 48.0 Å². The quantitative estimate of drug-likeness (QED) is 0.889. The normalized spacial score (nSPS) is 17.5. The van der Waals surface area contributed by atoms with Gasteiger partial charge in [0.15, 0.2) is 0 Å². The van der Waals surface area contributed by atoms with Crippen LogP contribution in [0.5, 0.6) is 0 Å². The summed E-state index contributed by atoms with van der Waals surface area (Å²) in [6, 6.07) is 3.21. The Morgan fingerprint density at radius 3 is 2.30 bits per heavy atom. The third-order valence-electron chi connectivity index (χ3n) is 4.15. The average Bonchev–Trinajstić information content (AvgIpc) is 2.52. The van der Waals surface area contributed by atoms with Gasteiger partial charge in [0.1, 0.15) is 6.04 Å². The van der Waals surface area contributed by atoms with E-state index in [4.69, 9.17) is 0 Å². The highest BCUT2D eigenvalue weighted by atomic mass is 19.4. The van der Waals surface area contributed by atoms with Crippen molar-refractivity contribution in [2.24, 2.45) is 5.92 Å². The van der Waals surface area contributed by atoms with Crippen molar-refractivity contribution in [1.82, 2.24) is 5.32 Å². The highest BCUT2D eigenvalue weighted by Crippen LogP contribution is 2.32. The van der Waals surface area contributed by atoms with E-state index in [0.29, 0.717) is 12.8 Å². The molecular formula is C16H18F3NO3. The minimum Gasteiger partial charge on any atom is -0.480 e. The zero-order valence-electron chi connectivity index (χ0n) is 12.4. The average molecular weight is 329 g/mol. The fourth-order valence-corrected chi connectivity index (χ4v) is 3.00. The summed E-state index contributed by atoms with van der Waals surface area (Å²) in [6.07, 6.45) is -0.631. The lowest BCUT2D eigenvalue weighted by atomic mass is 9.83. The van der Waals surface area contributed by atoms with E-state index in [0.717, 1.165) is 31.4 Å². The van der Waals surface area contributed by atoms with Gasteiger partial charge in [-0.15, -0.1) is 0 Å². The zero-order valence-corrected chi connectivity index (χ0v) is 12.4. The van der Waals surface area contributed by atoms with E-state index >= 15 is 0 Å². The van der Waals surface area contributed by atoms with Crippen molar-refractivity contribution in [3.63, 3.8) is 0 Å². The van der Waals surface area contributed by atoms with Crippen LogP contribution in [0.15, 0.2) is 24.3 Å². The first-order chi connectivity index (χ1) is 10.8. The van der Waals surface area contributed by atoms with Crippen molar-refractivity contribution >= 4 is 11.9 Å². The Hall–Kier alpha value is -2.05. The van der Waals surface area contributed by atoms with E-state index in [1.54, 1.807) is 0 Å². The first-order valence-corrected chi connectivity index (χ1v) is 7.50. The van der Waals surface area contributed by atoms with Gasteiger partial charge in [0.25, 0.3) is 5.91 Å². The molecule has 23 heavy (non-hydrogen) atoms. The van der Waals surface area contributed by atoms with Crippen molar-refractivity contribution in [2.45, 2.75) is 44.3 Å². The molecule has 1 aliphatic rings. The standard InChI is InChI=1S/C16H18F3NO3/c17-16(18,19)12-9-5-4-8-11(12)14(21)20-13(15(22)23)10-6-2-1-3-7-10/h4-5,8-10,13H,1-3,6-7H2,(H,20,21)(H,22,23)/t13-/m0/s1. The van der Waals surface area contributed by atoms with Crippen molar-refractivity contribution in [3.05, 3.63) is 35.4 Å². The lowest BCUT2D eigenvalue weighted by molar-refractivity contribution is -0.141. The molecule has 0 spiro atoms. The summed E-state index contributed by atoms with van der Waals surface area (Å²) in [4.78, 5) is 23.6. The Kier molecular flexibility index (Phi) is 5.28. The number of aliphatic carboxylic acids is 1. The molecule has 2 rings (SSSR count). The Bertz CT molecular complexity index is 580. The molecule has 0 heterocycles. The van der Waals surface area contributed by atoms with Gasteiger partial charge in [-0.1, -0.05) is 31.4 Å². The molecule has 1 saturated carbocycles. The number of carboxylic acid groups (broad SMARTS) is 1. The van der Waals surface area contributed by atoms with Gasteiger partial charge < -0.3 is 10.4 Å². The van der Waals surface area contributed by atoms with Crippen LogP contribution in [0.2, 0.25) is 0 Å². The molecule has 0 aliphatic heterocycles. The smallest absolute Gasteiger partial charge is 0.417 e. The summed E-state index contributed by atoms with van der Waals surface area (Å²) in [5, 5.41) is 11.6. The number of alkyl halides is 3. The van der Waals surface area contributed by atoms with Gasteiger partial charge in [0.05, 0.1) is 11.1 Å². The van der Waals surface area contributed by atoms with Crippen LogP contribution in [0, 0.1) is 5.92 Å². The van der Waals surface area contributed by atoms with Crippen molar-refractivity contribution in [1.29, 1.82) is 0 Å². The van der Waals surface area contributed by atoms with Crippen molar-refractivity contribution < 1.29 is 27.9 Å². The van der Waals surface area contributed by atoms with Gasteiger partial charge >= 0.3 is 12.1 Å². The van der Waals surface area contributed by atoms with Crippen LogP contribution in [-0.2, 0) is 11.0 Å². The molecule has 2 N–H and O–H groups in total. The third kappa shape index (κ3) is 4.24. The van der Waals surface area contributed by atoms with Crippen LogP contribution < -0.4 is 5.32 Å². The number of halogens is 3. The second kappa shape index (κ2) is 7.02. The SMILES string of the molecule is O=C(N[C@H](C(=O)O)C1CCCCC1)c1ccccc1C(F)(F)F. The van der Waals surface area contributed by atoms with Crippen LogP contribution in [-0.4, -0.2) is 23.0 Å². The maximum Gasteiger partial charge on any atom is 0.417 e. The number of rotatable bonds is 4. The molecule has 1 aromatic carbocycles. The predicted molar refractivity (Wildman–Crippen MR) is 76.9 cm³/mol. The minimum absolute atomic E-state index is 0.247. The second-order valence-electron chi connectivity index (χ2n) is 5.73. The van der Waals surface area contributed by atoms with Gasteiger partial charge in [-0.05, 0) is 30.9 Å². The van der Waals surface area contributed by atoms with Gasteiger partial charge in [0, 0.05) is 0 Å². The Morgan fingerprint density at radius 1 is 1.13 bits per heavy atom. The number of carbonyl (C=O) groups excluding carboxylic acids is 1. The number of nitrogens with one attached hydrogen (secondary N) is 1. The summed E-state index contributed by atoms with van der Waals surface area (Å²) in [5.41, 5.74) is -1.62. The van der Waals surface area contributed by atoms with Crippen LogP contribution >= 0.6 is 0 Å². The molecule has 126 valence electrons. The number of carbonyl (C=O) groups is 2. The Balaban J connectivity index is 2.21. The molecular weight excluding hydrogens is 311 g/mol. The Labute approximate surface area is 131 Å². The summed E-state index contributed by atoms with van der Waals surface area (Å²) >= 11 is 0. The first-order valence-electron chi connectivity index (χ1n) is 7.50. The lowest BCUT2D eigenvalue weighted by Gasteiger charge is -2.28. The molecule has 7 heteroatoms. The molecule has 0 aromatic heterocycles.